The van der Waals surface area contributed by atoms with E-state index in [0.717, 1.165) is 18.7 Å². The zero-order valence-electron chi connectivity index (χ0n) is 9.87. The number of aromatic nitrogens is 1. The van der Waals surface area contributed by atoms with E-state index in [1.165, 1.54) is 15.0 Å². The number of aryl methyl sites for hydroxylation is 1. The number of likely N-dealkylation sites (N-methyl/N-ethyl adjacent to an activating group) is 1. The van der Waals surface area contributed by atoms with Crippen molar-refractivity contribution < 1.29 is 0 Å². The number of nitrogens with one attached hydrogen (secondary N) is 1. The zero-order valence-corrected chi connectivity index (χ0v) is 13.1. The lowest BCUT2D eigenvalue weighted by Crippen LogP contribution is -2.22. The van der Waals surface area contributed by atoms with Crippen LogP contribution in [0.2, 0.25) is 0 Å². The third kappa shape index (κ3) is 3.37. The van der Waals surface area contributed by atoms with Crippen LogP contribution in [0.1, 0.15) is 29.2 Å². The van der Waals surface area contributed by atoms with Crippen molar-refractivity contribution in [3.8, 4) is 0 Å². The number of thiazole rings is 1. The van der Waals surface area contributed by atoms with Gasteiger partial charge in [-0.1, -0.05) is 6.92 Å². The highest BCUT2D eigenvalue weighted by Gasteiger charge is 2.16. The minimum atomic E-state index is 0.353. The van der Waals surface area contributed by atoms with Crippen LogP contribution in [0.15, 0.2) is 20.6 Å². The van der Waals surface area contributed by atoms with Crippen LogP contribution >= 0.6 is 38.6 Å². The van der Waals surface area contributed by atoms with Gasteiger partial charge in [-0.2, -0.15) is 11.3 Å². The third-order valence-electron chi connectivity index (χ3n) is 2.51. The van der Waals surface area contributed by atoms with Crippen LogP contribution in [0, 0.1) is 6.92 Å². The van der Waals surface area contributed by atoms with Crippen LogP contribution in [-0.4, -0.2) is 11.5 Å². The summed E-state index contributed by atoms with van der Waals surface area (Å²) in [5.41, 5.74) is 2.45. The van der Waals surface area contributed by atoms with Crippen molar-refractivity contribution in [3.05, 3.63) is 36.9 Å². The number of hydrogen-bond donors (Lipinski definition) is 1. The van der Waals surface area contributed by atoms with Crippen LogP contribution in [0.3, 0.4) is 0 Å². The molecule has 0 saturated carbocycles. The fourth-order valence-corrected chi connectivity index (χ4v) is 4.20. The maximum atomic E-state index is 4.54. The molecule has 5 heteroatoms. The fraction of sp³-hybridized carbons (Fsp3) is 0.417. The highest BCUT2D eigenvalue weighted by molar-refractivity contribution is 9.10. The van der Waals surface area contributed by atoms with Crippen molar-refractivity contribution in [3.63, 3.8) is 0 Å². The predicted octanol–water partition coefficient (Wildman–Crippen LogP) is 4.17. The molecule has 92 valence electrons. The van der Waals surface area contributed by atoms with Gasteiger partial charge in [0.25, 0.3) is 0 Å². The minimum Gasteiger partial charge on any atom is -0.310 e. The summed E-state index contributed by atoms with van der Waals surface area (Å²) in [6.45, 7) is 5.15. The van der Waals surface area contributed by atoms with Gasteiger partial charge >= 0.3 is 0 Å². The van der Waals surface area contributed by atoms with E-state index in [1.807, 2.05) is 6.92 Å². The predicted molar refractivity (Wildman–Crippen MR) is 79.0 cm³/mol. The molecule has 0 aliphatic carbocycles. The lowest BCUT2D eigenvalue weighted by Gasteiger charge is -2.16. The van der Waals surface area contributed by atoms with Gasteiger partial charge in [0.2, 0.25) is 0 Å². The van der Waals surface area contributed by atoms with E-state index in [-0.39, 0.29) is 0 Å². The molecule has 0 aliphatic rings. The van der Waals surface area contributed by atoms with E-state index in [0.29, 0.717) is 6.04 Å². The first kappa shape index (κ1) is 13.2. The normalized spacial score (nSPS) is 12.9. The van der Waals surface area contributed by atoms with Crippen molar-refractivity contribution in [2.75, 3.05) is 6.54 Å². The van der Waals surface area contributed by atoms with Gasteiger partial charge in [0.05, 0.1) is 5.01 Å². The Bertz CT molecular complexity index is 478. The molecule has 0 saturated heterocycles. The van der Waals surface area contributed by atoms with Gasteiger partial charge in [-0.15, -0.1) is 11.3 Å². The van der Waals surface area contributed by atoms with Gasteiger partial charge in [-0.05, 0) is 40.3 Å². The molecule has 0 amide bonds. The molecule has 0 aromatic carbocycles. The van der Waals surface area contributed by atoms with Gasteiger partial charge < -0.3 is 5.32 Å². The SMILES string of the molecule is CCNC(Cc1nc(C)cs1)c1cscc1Br. The Balaban J connectivity index is 2.15. The van der Waals surface area contributed by atoms with Crippen LogP contribution < -0.4 is 5.32 Å². The molecule has 2 heterocycles. The standard InChI is InChI=1S/C12H15BrN2S2/c1-3-14-11(9-6-16-7-10(9)13)4-12-15-8(2)5-17-12/h5-7,11,14H,3-4H2,1-2H3. The van der Waals surface area contributed by atoms with Crippen molar-refractivity contribution >= 4 is 38.6 Å². The minimum absolute atomic E-state index is 0.353. The summed E-state index contributed by atoms with van der Waals surface area (Å²) in [6.07, 6.45) is 0.960. The summed E-state index contributed by atoms with van der Waals surface area (Å²) >= 11 is 7.09. The smallest absolute Gasteiger partial charge is 0.0947 e. The largest absolute Gasteiger partial charge is 0.310 e. The number of halogens is 1. The second kappa shape index (κ2) is 6.09. The quantitative estimate of drug-likeness (QED) is 0.889. The van der Waals surface area contributed by atoms with Crippen molar-refractivity contribution in [1.29, 1.82) is 0 Å². The number of nitrogens with zero attached hydrogens (tertiary/aromatic N) is 1. The Morgan fingerprint density at radius 1 is 1.41 bits per heavy atom. The molecule has 0 fully saturated rings. The summed E-state index contributed by atoms with van der Waals surface area (Å²) in [5.74, 6) is 0. The Labute approximate surface area is 118 Å². The molecule has 0 aliphatic heterocycles. The van der Waals surface area contributed by atoms with Crippen LogP contribution in [0.5, 0.6) is 0 Å². The molecule has 2 rings (SSSR count). The molecule has 1 N–H and O–H groups in total. The molecule has 0 spiro atoms. The van der Waals surface area contributed by atoms with Gasteiger partial charge in [0.15, 0.2) is 0 Å². The second-order valence-corrected chi connectivity index (χ2v) is 6.41. The van der Waals surface area contributed by atoms with Gasteiger partial charge in [-0.3, -0.25) is 0 Å². The van der Waals surface area contributed by atoms with Gasteiger partial charge in [0.1, 0.15) is 0 Å². The number of rotatable bonds is 5. The first-order valence-corrected chi connectivity index (χ1v) is 8.18. The van der Waals surface area contributed by atoms with E-state index in [2.05, 4.69) is 49.3 Å². The molecular formula is C12H15BrN2S2. The molecule has 17 heavy (non-hydrogen) atoms. The van der Waals surface area contributed by atoms with Gasteiger partial charge in [-0.25, -0.2) is 4.98 Å². The summed E-state index contributed by atoms with van der Waals surface area (Å²) < 4.78 is 1.20. The van der Waals surface area contributed by atoms with Crippen molar-refractivity contribution in [2.24, 2.45) is 0 Å². The molecule has 2 aromatic heterocycles. The number of thiophene rings is 1. The molecule has 1 unspecified atom stereocenters. The molecule has 2 aromatic rings. The zero-order chi connectivity index (χ0) is 12.3. The van der Waals surface area contributed by atoms with Crippen LogP contribution in [0.25, 0.3) is 0 Å². The van der Waals surface area contributed by atoms with Crippen LogP contribution in [0.4, 0.5) is 0 Å². The fourth-order valence-electron chi connectivity index (χ4n) is 1.75. The van der Waals surface area contributed by atoms with E-state index in [1.54, 1.807) is 22.7 Å². The lowest BCUT2D eigenvalue weighted by molar-refractivity contribution is 0.548. The average molecular weight is 331 g/mol. The van der Waals surface area contributed by atoms with Crippen molar-refractivity contribution in [1.82, 2.24) is 10.3 Å². The average Bonchev–Trinajstić information content (AvgIpc) is 2.87. The molecular weight excluding hydrogens is 316 g/mol. The van der Waals surface area contributed by atoms with Crippen molar-refractivity contribution in [2.45, 2.75) is 26.3 Å². The molecule has 2 nitrogen and oxygen atoms in total. The maximum Gasteiger partial charge on any atom is 0.0947 e. The third-order valence-corrected chi connectivity index (χ3v) is 5.25. The second-order valence-electron chi connectivity index (χ2n) is 3.87. The Kier molecular flexibility index (Phi) is 4.73. The molecule has 0 bridgehead atoms. The summed E-state index contributed by atoms with van der Waals surface area (Å²) in [7, 11) is 0. The molecule has 1 atom stereocenters. The van der Waals surface area contributed by atoms with E-state index < -0.39 is 0 Å². The summed E-state index contributed by atoms with van der Waals surface area (Å²) in [5, 5.41) is 11.2. The van der Waals surface area contributed by atoms with E-state index in [9.17, 15) is 0 Å². The molecule has 0 radical (unpaired) electrons. The number of hydrogen-bond acceptors (Lipinski definition) is 4. The van der Waals surface area contributed by atoms with Crippen LogP contribution in [-0.2, 0) is 6.42 Å². The summed E-state index contributed by atoms with van der Waals surface area (Å²) in [6, 6.07) is 0.353. The Hall–Kier alpha value is -0.230. The Morgan fingerprint density at radius 3 is 2.76 bits per heavy atom. The lowest BCUT2D eigenvalue weighted by atomic mass is 10.1. The highest BCUT2D eigenvalue weighted by atomic mass is 79.9. The summed E-state index contributed by atoms with van der Waals surface area (Å²) in [4.78, 5) is 4.54. The Morgan fingerprint density at radius 2 is 2.24 bits per heavy atom. The topological polar surface area (TPSA) is 24.9 Å². The monoisotopic (exact) mass is 330 g/mol. The van der Waals surface area contributed by atoms with E-state index in [4.69, 9.17) is 0 Å². The first-order chi connectivity index (χ1) is 8.20. The first-order valence-electron chi connectivity index (χ1n) is 5.56. The maximum absolute atomic E-state index is 4.54. The van der Waals surface area contributed by atoms with Gasteiger partial charge in [0, 0.05) is 33.4 Å². The van der Waals surface area contributed by atoms with E-state index >= 15 is 0 Å². The highest BCUT2D eigenvalue weighted by Crippen LogP contribution is 2.30.